The molecule has 1 aliphatic rings. The summed E-state index contributed by atoms with van der Waals surface area (Å²) in [5.41, 5.74) is 2.81. The van der Waals surface area contributed by atoms with Gasteiger partial charge >= 0.3 is 0 Å². The average molecular weight is 283 g/mol. The molecule has 1 heterocycles. The third kappa shape index (κ3) is 2.77. The number of hydrogen-bond acceptors (Lipinski definition) is 2. The molecule has 1 aromatic rings. The number of benzene rings is 1. The summed E-state index contributed by atoms with van der Waals surface area (Å²) >= 11 is 3.56. The first-order chi connectivity index (χ1) is 7.81. The van der Waals surface area contributed by atoms with E-state index in [9.17, 15) is 0 Å². The quantitative estimate of drug-likeness (QED) is 0.913. The average Bonchev–Trinajstić information content (AvgIpc) is 2.80. The van der Waals surface area contributed by atoms with E-state index in [1.54, 1.807) is 0 Å². The van der Waals surface area contributed by atoms with Gasteiger partial charge in [0.15, 0.2) is 0 Å². The highest BCUT2D eigenvalue weighted by Gasteiger charge is 2.15. The van der Waals surface area contributed by atoms with Crippen molar-refractivity contribution in [2.45, 2.75) is 26.3 Å². The number of nitrogens with zero attached hydrogens (tertiary/aromatic N) is 1. The van der Waals surface area contributed by atoms with Crippen LogP contribution >= 0.6 is 15.9 Å². The Labute approximate surface area is 106 Å². The van der Waals surface area contributed by atoms with Crippen LogP contribution in [-0.4, -0.2) is 19.6 Å². The van der Waals surface area contributed by atoms with E-state index in [4.69, 9.17) is 0 Å². The topological polar surface area (TPSA) is 15.3 Å². The fourth-order valence-corrected chi connectivity index (χ4v) is 2.55. The molecule has 2 rings (SSSR count). The van der Waals surface area contributed by atoms with Crippen molar-refractivity contribution in [1.82, 2.24) is 5.32 Å². The highest BCUT2D eigenvalue weighted by molar-refractivity contribution is 9.10. The molecule has 1 fully saturated rings. The zero-order chi connectivity index (χ0) is 11.4. The maximum atomic E-state index is 3.56. The molecule has 1 N–H and O–H groups in total. The smallest absolute Gasteiger partial charge is 0.0423 e. The van der Waals surface area contributed by atoms with Gasteiger partial charge in [-0.2, -0.15) is 0 Å². The van der Waals surface area contributed by atoms with Crippen LogP contribution in [-0.2, 0) is 6.54 Å². The van der Waals surface area contributed by atoms with Crippen LogP contribution in [0.25, 0.3) is 0 Å². The molecule has 0 aromatic heterocycles. The second-order valence-electron chi connectivity index (χ2n) is 4.25. The van der Waals surface area contributed by atoms with Crippen LogP contribution in [0.3, 0.4) is 0 Å². The molecule has 3 heteroatoms. The van der Waals surface area contributed by atoms with Gasteiger partial charge in [-0.25, -0.2) is 0 Å². The number of anilines is 1. The van der Waals surface area contributed by atoms with E-state index in [2.05, 4.69) is 51.3 Å². The lowest BCUT2D eigenvalue weighted by atomic mass is 10.1. The van der Waals surface area contributed by atoms with Gasteiger partial charge < -0.3 is 10.2 Å². The molecular formula is C13H19BrN2. The Bertz CT molecular complexity index is 346. The zero-order valence-corrected chi connectivity index (χ0v) is 11.4. The van der Waals surface area contributed by atoms with Crippen molar-refractivity contribution in [2.75, 3.05) is 24.5 Å². The van der Waals surface area contributed by atoms with Crippen LogP contribution in [0.1, 0.15) is 25.3 Å². The number of nitrogens with one attached hydrogen (secondary N) is 1. The molecule has 0 aliphatic carbocycles. The maximum Gasteiger partial charge on any atom is 0.0423 e. The van der Waals surface area contributed by atoms with Crippen LogP contribution in [0, 0.1) is 0 Å². The summed E-state index contributed by atoms with van der Waals surface area (Å²) in [6.07, 6.45) is 2.65. The van der Waals surface area contributed by atoms with Gasteiger partial charge in [0.2, 0.25) is 0 Å². The summed E-state index contributed by atoms with van der Waals surface area (Å²) in [6.45, 7) is 6.55. The predicted molar refractivity (Wildman–Crippen MR) is 73.0 cm³/mol. The summed E-state index contributed by atoms with van der Waals surface area (Å²) in [5, 5.41) is 3.41. The van der Waals surface area contributed by atoms with Crippen molar-refractivity contribution in [3.8, 4) is 0 Å². The van der Waals surface area contributed by atoms with Crippen molar-refractivity contribution in [1.29, 1.82) is 0 Å². The van der Waals surface area contributed by atoms with Gasteiger partial charge in [-0.15, -0.1) is 0 Å². The van der Waals surface area contributed by atoms with E-state index in [1.807, 2.05) is 0 Å². The Morgan fingerprint density at radius 2 is 2.06 bits per heavy atom. The van der Waals surface area contributed by atoms with E-state index >= 15 is 0 Å². The van der Waals surface area contributed by atoms with Gasteiger partial charge in [0, 0.05) is 29.8 Å². The normalized spacial score (nSPS) is 15.8. The molecule has 1 aliphatic heterocycles. The molecule has 1 saturated heterocycles. The van der Waals surface area contributed by atoms with Gasteiger partial charge in [0.1, 0.15) is 0 Å². The Balaban J connectivity index is 2.21. The minimum Gasteiger partial charge on any atom is -0.371 e. The van der Waals surface area contributed by atoms with Gasteiger partial charge in [-0.1, -0.05) is 28.9 Å². The van der Waals surface area contributed by atoms with E-state index in [0.717, 1.165) is 13.1 Å². The van der Waals surface area contributed by atoms with Crippen LogP contribution in [0.2, 0.25) is 0 Å². The highest BCUT2D eigenvalue weighted by atomic mass is 79.9. The molecular weight excluding hydrogens is 264 g/mol. The molecule has 0 saturated carbocycles. The van der Waals surface area contributed by atoms with Crippen LogP contribution in [0.15, 0.2) is 22.7 Å². The molecule has 16 heavy (non-hydrogen) atoms. The minimum absolute atomic E-state index is 0.968. The number of rotatable bonds is 4. The standard InChI is InChI=1S/C13H19BrN2/c1-2-15-10-11-5-6-12(14)9-13(11)16-7-3-4-8-16/h5-6,9,15H,2-4,7-8,10H2,1H3. The Morgan fingerprint density at radius 3 is 2.75 bits per heavy atom. The summed E-state index contributed by atoms with van der Waals surface area (Å²) in [6, 6.07) is 6.60. The van der Waals surface area contributed by atoms with Crippen molar-refractivity contribution in [2.24, 2.45) is 0 Å². The second kappa shape index (κ2) is 5.69. The van der Waals surface area contributed by atoms with Gasteiger partial charge in [-0.05, 0) is 37.1 Å². The summed E-state index contributed by atoms with van der Waals surface area (Å²) in [5.74, 6) is 0. The summed E-state index contributed by atoms with van der Waals surface area (Å²) in [7, 11) is 0. The molecule has 0 unspecified atom stereocenters. The van der Waals surface area contributed by atoms with E-state index < -0.39 is 0 Å². The van der Waals surface area contributed by atoms with Crippen LogP contribution in [0.4, 0.5) is 5.69 Å². The summed E-state index contributed by atoms with van der Waals surface area (Å²) < 4.78 is 1.18. The predicted octanol–water partition coefficient (Wildman–Crippen LogP) is 3.16. The van der Waals surface area contributed by atoms with Crippen molar-refractivity contribution in [3.05, 3.63) is 28.2 Å². The van der Waals surface area contributed by atoms with E-state index in [1.165, 1.54) is 41.7 Å². The van der Waals surface area contributed by atoms with Gasteiger partial charge in [-0.3, -0.25) is 0 Å². The number of hydrogen-bond donors (Lipinski definition) is 1. The lowest BCUT2D eigenvalue weighted by molar-refractivity contribution is 0.723. The van der Waals surface area contributed by atoms with E-state index in [0.29, 0.717) is 0 Å². The van der Waals surface area contributed by atoms with Crippen molar-refractivity contribution < 1.29 is 0 Å². The van der Waals surface area contributed by atoms with E-state index in [-0.39, 0.29) is 0 Å². The lowest BCUT2D eigenvalue weighted by Crippen LogP contribution is -2.21. The zero-order valence-electron chi connectivity index (χ0n) is 9.80. The van der Waals surface area contributed by atoms with Crippen molar-refractivity contribution in [3.63, 3.8) is 0 Å². The minimum atomic E-state index is 0.968. The first-order valence-corrected chi connectivity index (χ1v) is 6.84. The molecule has 88 valence electrons. The number of halogens is 1. The second-order valence-corrected chi connectivity index (χ2v) is 5.16. The van der Waals surface area contributed by atoms with Crippen LogP contribution in [0.5, 0.6) is 0 Å². The Kier molecular flexibility index (Phi) is 4.24. The Hall–Kier alpha value is -0.540. The molecule has 0 bridgehead atoms. The molecule has 1 aromatic carbocycles. The Morgan fingerprint density at radius 1 is 1.31 bits per heavy atom. The molecule has 2 nitrogen and oxygen atoms in total. The maximum absolute atomic E-state index is 3.56. The largest absolute Gasteiger partial charge is 0.371 e. The fourth-order valence-electron chi connectivity index (χ4n) is 2.20. The van der Waals surface area contributed by atoms with Gasteiger partial charge in [0.25, 0.3) is 0 Å². The lowest BCUT2D eigenvalue weighted by Gasteiger charge is -2.22. The SMILES string of the molecule is CCNCc1ccc(Br)cc1N1CCCC1. The molecule has 0 radical (unpaired) electrons. The molecule has 0 atom stereocenters. The highest BCUT2D eigenvalue weighted by Crippen LogP contribution is 2.28. The molecule has 0 amide bonds. The monoisotopic (exact) mass is 282 g/mol. The van der Waals surface area contributed by atoms with Crippen molar-refractivity contribution >= 4 is 21.6 Å². The fraction of sp³-hybridized carbons (Fsp3) is 0.538. The third-order valence-electron chi connectivity index (χ3n) is 3.06. The first kappa shape index (κ1) is 11.9. The first-order valence-electron chi connectivity index (χ1n) is 6.05. The van der Waals surface area contributed by atoms with Crippen LogP contribution < -0.4 is 10.2 Å². The molecule has 0 spiro atoms. The summed E-state index contributed by atoms with van der Waals surface area (Å²) in [4.78, 5) is 2.50. The third-order valence-corrected chi connectivity index (χ3v) is 3.55. The van der Waals surface area contributed by atoms with Gasteiger partial charge in [0.05, 0.1) is 0 Å².